The highest BCUT2D eigenvalue weighted by Crippen LogP contribution is 2.17. The molecule has 1 aromatic heterocycles. The van der Waals surface area contributed by atoms with Crippen LogP contribution in [0.4, 0.5) is 0 Å². The zero-order valence-electron chi connectivity index (χ0n) is 16.7. The minimum absolute atomic E-state index is 0.187. The van der Waals surface area contributed by atoms with Gasteiger partial charge in [0.15, 0.2) is 5.96 Å². The van der Waals surface area contributed by atoms with Gasteiger partial charge in [-0.15, -0.1) is 0 Å². The second-order valence-electron chi connectivity index (χ2n) is 7.29. The Morgan fingerprint density at radius 2 is 2.00 bits per heavy atom. The highest BCUT2D eigenvalue weighted by atomic mass is 16.3. The maximum Gasteiger partial charge on any atom is 0.191 e. The molecule has 28 heavy (non-hydrogen) atoms. The van der Waals surface area contributed by atoms with Crippen LogP contribution in [0.15, 0.2) is 52.1 Å². The van der Waals surface area contributed by atoms with Gasteiger partial charge in [-0.25, -0.2) is 4.99 Å². The Bertz CT molecular complexity index is 730. The van der Waals surface area contributed by atoms with Crippen LogP contribution in [0.25, 0.3) is 0 Å². The maximum absolute atomic E-state index is 9.77. The Morgan fingerprint density at radius 1 is 1.18 bits per heavy atom. The lowest BCUT2D eigenvalue weighted by atomic mass is 10.1. The number of guanidine groups is 1. The van der Waals surface area contributed by atoms with Gasteiger partial charge in [0.05, 0.1) is 18.9 Å². The van der Waals surface area contributed by atoms with Gasteiger partial charge in [-0.05, 0) is 36.1 Å². The minimum atomic E-state index is -0.187. The normalized spacial score (nSPS) is 17.8. The van der Waals surface area contributed by atoms with Crippen molar-refractivity contribution < 1.29 is 9.52 Å². The molecule has 0 saturated carbocycles. The number of furan rings is 1. The highest BCUT2D eigenvalue weighted by Gasteiger charge is 2.20. The predicted octanol–water partition coefficient (Wildman–Crippen LogP) is 2.53. The number of hydrogen-bond donors (Lipinski definition) is 3. The van der Waals surface area contributed by atoms with Crippen molar-refractivity contribution in [3.05, 3.63) is 59.5 Å². The highest BCUT2D eigenvalue weighted by molar-refractivity contribution is 5.79. The molecule has 1 fully saturated rings. The van der Waals surface area contributed by atoms with E-state index < -0.39 is 0 Å². The van der Waals surface area contributed by atoms with Crippen molar-refractivity contribution in [2.24, 2.45) is 4.99 Å². The van der Waals surface area contributed by atoms with E-state index in [-0.39, 0.29) is 6.10 Å². The fraction of sp³-hybridized carbons (Fsp3) is 0.500. The van der Waals surface area contributed by atoms with Gasteiger partial charge in [0.2, 0.25) is 0 Å². The Labute approximate surface area is 167 Å². The van der Waals surface area contributed by atoms with Crippen LogP contribution >= 0.6 is 0 Å². The van der Waals surface area contributed by atoms with Crippen molar-refractivity contribution in [3.8, 4) is 0 Å². The van der Waals surface area contributed by atoms with Gasteiger partial charge in [-0.1, -0.05) is 31.2 Å². The van der Waals surface area contributed by atoms with E-state index in [9.17, 15) is 5.11 Å². The number of hydrogen-bond acceptors (Lipinski definition) is 4. The van der Waals surface area contributed by atoms with Crippen LogP contribution in [0, 0.1) is 0 Å². The van der Waals surface area contributed by atoms with Gasteiger partial charge < -0.3 is 20.2 Å². The monoisotopic (exact) mass is 384 g/mol. The van der Waals surface area contributed by atoms with Crippen molar-refractivity contribution in [1.29, 1.82) is 0 Å². The third kappa shape index (κ3) is 6.39. The zero-order valence-corrected chi connectivity index (χ0v) is 16.7. The molecule has 0 radical (unpaired) electrons. The summed E-state index contributed by atoms with van der Waals surface area (Å²) in [6.07, 6.45) is 4.26. The first-order chi connectivity index (χ1) is 13.7. The van der Waals surface area contributed by atoms with E-state index in [1.54, 1.807) is 6.26 Å². The third-order valence-corrected chi connectivity index (χ3v) is 4.95. The molecular weight excluding hydrogens is 352 g/mol. The second kappa shape index (κ2) is 10.9. The Hall–Kier alpha value is -2.31. The van der Waals surface area contributed by atoms with Crippen LogP contribution in [-0.2, 0) is 19.5 Å². The second-order valence-corrected chi connectivity index (χ2v) is 7.29. The van der Waals surface area contributed by atoms with E-state index in [2.05, 4.69) is 46.7 Å². The molecule has 1 atom stereocenters. The fourth-order valence-corrected chi connectivity index (χ4v) is 3.40. The molecule has 1 aliphatic rings. The molecule has 152 valence electrons. The molecule has 0 spiro atoms. The maximum atomic E-state index is 9.77. The first-order valence-corrected chi connectivity index (χ1v) is 10.3. The summed E-state index contributed by atoms with van der Waals surface area (Å²) >= 11 is 0. The van der Waals surface area contributed by atoms with Crippen molar-refractivity contribution in [2.75, 3.05) is 26.2 Å². The van der Waals surface area contributed by atoms with Gasteiger partial charge >= 0.3 is 0 Å². The number of rotatable bonds is 9. The molecule has 6 heteroatoms. The number of aliphatic hydroxyl groups excluding tert-OH is 1. The first-order valence-electron chi connectivity index (χ1n) is 10.3. The van der Waals surface area contributed by atoms with Crippen molar-refractivity contribution in [2.45, 2.75) is 45.4 Å². The molecule has 1 saturated heterocycles. The molecule has 6 nitrogen and oxygen atoms in total. The zero-order chi connectivity index (χ0) is 19.6. The first kappa shape index (κ1) is 20.4. The summed E-state index contributed by atoms with van der Waals surface area (Å²) in [6.45, 7) is 7.02. The number of aliphatic hydroxyl groups is 1. The van der Waals surface area contributed by atoms with Crippen LogP contribution in [0.2, 0.25) is 0 Å². The number of nitrogens with zero attached hydrogens (tertiary/aromatic N) is 2. The standard InChI is InChI=1S/C22H32N4O2/c1-2-11-23-22(24-12-9-21-8-5-14-28-21)25-15-18-6-3-4-7-19(18)16-26-13-10-20(27)17-26/h3-8,14,20,27H,2,9-13,15-17H2,1H3,(H2,23,24,25). The van der Waals surface area contributed by atoms with Crippen LogP contribution in [0.5, 0.6) is 0 Å². The summed E-state index contributed by atoms with van der Waals surface area (Å²) in [4.78, 5) is 7.11. The van der Waals surface area contributed by atoms with E-state index in [1.165, 1.54) is 11.1 Å². The quantitative estimate of drug-likeness (QED) is 0.458. The number of β-amino-alcohol motifs (C(OH)–C–C–N with tert-alkyl or cyclic N) is 1. The number of benzene rings is 1. The van der Waals surface area contributed by atoms with Gasteiger partial charge in [0, 0.05) is 39.1 Å². The van der Waals surface area contributed by atoms with Crippen LogP contribution in [-0.4, -0.2) is 48.2 Å². The van der Waals surface area contributed by atoms with Crippen LogP contribution in [0.3, 0.4) is 0 Å². The Balaban J connectivity index is 1.59. The number of likely N-dealkylation sites (tertiary alicyclic amines) is 1. The lowest BCUT2D eigenvalue weighted by Gasteiger charge is -2.17. The number of aliphatic imine (C=N–C) groups is 1. The van der Waals surface area contributed by atoms with E-state index >= 15 is 0 Å². The Morgan fingerprint density at radius 3 is 2.71 bits per heavy atom. The average Bonchev–Trinajstić information content (AvgIpc) is 3.36. The van der Waals surface area contributed by atoms with E-state index in [1.807, 2.05) is 12.1 Å². The molecular formula is C22H32N4O2. The van der Waals surface area contributed by atoms with Crippen LogP contribution < -0.4 is 10.6 Å². The molecule has 0 aliphatic carbocycles. The molecule has 1 unspecified atom stereocenters. The lowest BCUT2D eigenvalue weighted by Crippen LogP contribution is -2.38. The molecule has 2 aromatic rings. The summed E-state index contributed by atoms with van der Waals surface area (Å²) in [5.74, 6) is 1.81. The van der Waals surface area contributed by atoms with Crippen LogP contribution in [0.1, 0.15) is 36.7 Å². The van der Waals surface area contributed by atoms with Crippen molar-refractivity contribution in [1.82, 2.24) is 15.5 Å². The molecule has 3 N–H and O–H groups in total. The topological polar surface area (TPSA) is 73.0 Å². The lowest BCUT2D eigenvalue weighted by molar-refractivity contribution is 0.174. The fourth-order valence-electron chi connectivity index (χ4n) is 3.40. The molecule has 3 rings (SSSR count). The van der Waals surface area contributed by atoms with E-state index in [0.29, 0.717) is 6.54 Å². The molecule has 2 heterocycles. The van der Waals surface area contributed by atoms with Crippen molar-refractivity contribution in [3.63, 3.8) is 0 Å². The third-order valence-electron chi connectivity index (χ3n) is 4.95. The smallest absolute Gasteiger partial charge is 0.191 e. The SMILES string of the molecule is CCCNC(=NCc1ccccc1CN1CCC(O)C1)NCCc1ccco1. The molecule has 0 bridgehead atoms. The summed E-state index contributed by atoms with van der Waals surface area (Å²) in [7, 11) is 0. The van der Waals surface area contributed by atoms with Gasteiger partial charge in [0.1, 0.15) is 5.76 Å². The average molecular weight is 385 g/mol. The molecule has 1 aliphatic heterocycles. The minimum Gasteiger partial charge on any atom is -0.469 e. The summed E-state index contributed by atoms with van der Waals surface area (Å²) in [5, 5.41) is 16.5. The summed E-state index contributed by atoms with van der Waals surface area (Å²) in [6, 6.07) is 12.4. The Kier molecular flexibility index (Phi) is 7.94. The largest absolute Gasteiger partial charge is 0.469 e. The van der Waals surface area contributed by atoms with Gasteiger partial charge in [-0.2, -0.15) is 0 Å². The predicted molar refractivity (Wildman–Crippen MR) is 112 cm³/mol. The number of nitrogens with one attached hydrogen (secondary N) is 2. The van der Waals surface area contributed by atoms with E-state index in [0.717, 1.165) is 63.7 Å². The molecule has 0 amide bonds. The molecule has 1 aromatic carbocycles. The summed E-state index contributed by atoms with van der Waals surface area (Å²) in [5.41, 5.74) is 2.51. The summed E-state index contributed by atoms with van der Waals surface area (Å²) < 4.78 is 5.39. The van der Waals surface area contributed by atoms with Crippen molar-refractivity contribution >= 4 is 5.96 Å². The van der Waals surface area contributed by atoms with Gasteiger partial charge in [0.25, 0.3) is 0 Å². The van der Waals surface area contributed by atoms with E-state index in [4.69, 9.17) is 9.41 Å². The van der Waals surface area contributed by atoms with Gasteiger partial charge in [-0.3, -0.25) is 4.90 Å².